The summed E-state index contributed by atoms with van der Waals surface area (Å²) in [7, 11) is 1.93. The van der Waals surface area contributed by atoms with Crippen LogP contribution in [0.1, 0.15) is 16.2 Å². The number of Topliss-reactive ketones (excluding diaryl/α,β-unsaturated/α-hetero) is 1. The molecule has 0 bridgehead atoms. The van der Waals surface area contributed by atoms with Gasteiger partial charge in [0.15, 0.2) is 5.78 Å². The van der Waals surface area contributed by atoms with Crippen molar-refractivity contribution in [3.63, 3.8) is 0 Å². The maximum Gasteiger partial charge on any atom is 0.171 e. The summed E-state index contributed by atoms with van der Waals surface area (Å²) < 4.78 is 2.76. The van der Waals surface area contributed by atoms with E-state index in [4.69, 9.17) is 0 Å². The maximum absolute atomic E-state index is 12.3. The first-order chi connectivity index (χ1) is 9.65. The molecule has 0 aliphatic heterocycles. The monoisotopic (exact) mass is 329 g/mol. The summed E-state index contributed by atoms with van der Waals surface area (Å²) in [5.41, 5.74) is 2.53. The summed E-state index contributed by atoms with van der Waals surface area (Å²) in [4.78, 5) is 20.8. The molecule has 0 atom stereocenters. The molecule has 0 fully saturated rings. The Labute approximate surface area is 124 Å². The minimum atomic E-state index is 0.0113. The lowest BCUT2D eigenvalue weighted by atomic mass is 10.1. The van der Waals surface area contributed by atoms with Crippen LogP contribution >= 0.6 is 15.9 Å². The number of hydrogen-bond donors (Lipinski definition) is 0. The van der Waals surface area contributed by atoms with Gasteiger partial charge in [-0.1, -0.05) is 12.1 Å². The molecule has 20 heavy (non-hydrogen) atoms. The molecule has 0 aliphatic carbocycles. The summed E-state index contributed by atoms with van der Waals surface area (Å²) in [6.07, 6.45) is 3.50. The van der Waals surface area contributed by atoms with Gasteiger partial charge >= 0.3 is 0 Å². The van der Waals surface area contributed by atoms with Crippen LogP contribution in [0.25, 0.3) is 11.0 Å². The van der Waals surface area contributed by atoms with E-state index < -0.39 is 0 Å². The van der Waals surface area contributed by atoms with Crippen LogP contribution in [-0.4, -0.2) is 20.3 Å². The SMILES string of the molecule is Cn1c(CC(=O)c2cncc(Br)c2)nc2ccccc21. The molecule has 0 radical (unpaired) electrons. The smallest absolute Gasteiger partial charge is 0.171 e. The van der Waals surface area contributed by atoms with Gasteiger partial charge in [0.05, 0.1) is 17.5 Å². The second-order valence-electron chi connectivity index (χ2n) is 4.57. The topological polar surface area (TPSA) is 47.8 Å². The van der Waals surface area contributed by atoms with Crippen molar-refractivity contribution in [3.8, 4) is 0 Å². The number of carbonyl (C=O) groups is 1. The van der Waals surface area contributed by atoms with Gasteiger partial charge in [0, 0.05) is 29.5 Å². The van der Waals surface area contributed by atoms with Crippen molar-refractivity contribution >= 4 is 32.7 Å². The highest BCUT2D eigenvalue weighted by molar-refractivity contribution is 9.10. The number of carbonyl (C=O) groups excluding carboxylic acids is 1. The van der Waals surface area contributed by atoms with Crippen LogP contribution in [0, 0.1) is 0 Å². The van der Waals surface area contributed by atoms with E-state index in [1.165, 1.54) is 0 Å². The molecule has 0 aliphatic rings. The van der Waals surface area contributed by atoms with Gasteiger partial charge in [-0.2, -0.15) is 0 Å². The normalized spacial score (nSPS) is 10.9. The zero-order valence-corrected chi connectivity index (χ0v) is 12.5. The van der Waals surface area contributed by atoms with Crippen molar-refractivity contribution in [1.29, 1.82) is 0 Å². The fraction of sp³-hybridized carbons (Fsp3) is 0.133. The summed E-state index contributed by atoms with van der Waals surface area (Å²) in [5, 5.41) is 0. The van der Waals surface area contributed by atoms with E-state index in [1.807, 2.05) is 35.9 Å². The minimum absolute atomic E-state index is 0.0113. The number of benzene rings is 1. The molecule has 3 rings (SSSR count). The average Bonchev–Trinajstić information content (AvgIpc) is 2.76. The third kappa shape index (κ3) is 2.36. The second kappa shape index (κ2) is 5.17. The molecule has 1 aromatic carbocycles. The van der Waals surface area contributed by atoms with E-state index in [-0.39, 0.29) is 12.2 Å². The average molecular weight is 330 g/mol. The molecule has 0 spiro atoms. The molecular formula is C15H12BrN3O. The van der Waals surface area contributed by atoms with Crippen LogP contribution in [0.3, 0.4) is 0 Å². The van der Waals surface area contributed by atoms with Crippen LogP contribution in [0.4, 0.5) is 0 Å². The fourth-order valence-corrected chi connectivity index (χ4v) is 2.53. The maximum atomic E-state index is 12.3. The fourth-order valence-electron chi connectivity index (χ4n) is 2.16. The molecule has 0 N–H and O–H groups in total. The summed E-state index contributed by atoms with van der Waals surface area (Å²) in [6.45, 7) is 0. The molecule has 3 aromatic rings. The lowest BCUT2D eigenvalue weighted by molar-refractivity contribution is 0.0989. The van der Waals surface area contributed by atoms with E-state index in [2.05, 4.69) is 25.9 Å². The standard InChI is InChI=1S/C15H12BrN3O/c1-19-13-5-3-2-4-12(13)18-15(19)7-14(20)10-6-11(16)9-17-8-10/h2-6,8-9H,7H2,1H3. The number of aromatic nitrogens is 3. The van der Waals surface area contributed by atoms with Crippen molar-refractivity contribution in [2.75, 3.05) is 0 Å². The number of pyridine rings is 1. The van der Waals surface area contributed by atoms with Gasteiger partial charge in [0.2, 0.25) is 0 Å². The highest BCUT2D eigenvalue weighted by Crippen LogP contribution is 2.16. The first kappa shape index (κ1) is 13.0. The molecule has 0 saturated carbocycles. The van der Waals surface area contributed by atoms with E-state index in [0.717, 1.165) is 21.3 Å². The Morgan fingerprint density at radius 1 is 1.30 bits per heavy atom. The van der Waals surface area contributed by atoms with Crippen LogP contribution in [0.15, 0.2) is 47.2 Å². The molecule has 0 amide bonds. The van der Waals surface area contributed by atoms with Crippen molar-refractivity contribution in [2.24, 2.45) is 7.05 Å². The van der Waals surface area contributed by atoms with Gasteiger partial charge in [-0.05, 0) is 34.1 Å². The number of rotatable bonds is 3. The Balaban J connectivity index is 1.93. The number of hydrogen-bond acceptors (Lipinski definition) is 3. The van der Waals surface area contributed by atoms with Crippen molar-refractivity contribution in [3.05, 3.63) is 58.6 Å². The number of ketones is 1. The lowest BCUT2D eigenvalue weighted by Crippen LogP contribution is -2.08. The van der Waals surface area contributed by atoms with E-state index in [1.54, 1.807) is 18.5 Å². The zero-order chi connectivity index (χ0) is 14.1. The molecule has 2 aromatic heterocycles. The highest BCUT2D eigenvalue weighted by atomic mass is 79.9. The summed E-state index contributed by atoms with van der Waals surface area (Å²) in [5.74, 6) is 0.772. The van der Waals surface area contributed by atoms with Crippen LogP contribution in [0.5, 0.6) is 0 Å². The number of halogens is 1. The summed E-state index contributed by atoms with van der Waals surface area (Å²) in [6, 6.07) is 9.63. The van der Waals surface area contributed by atoms with Crippen LogP contribution in [-0.2, 0) is 13.5 Å². The Morgan fingerprint density at radius 3 is 2.85 bits per heavy atom. The van der Waals surface area contributed by atoms with Crippen LogP contribution < -0.4 is 0 Å². The third-order valence-corrected chi connectivity index (χ3v) is 3.66. The Hall–Kier alpha value is -2.01. The molecule has 2 heterocycles. The van der Waals surface area contributed by atoms with Crippen molar-refractivity contribution in [2.45, 2.75) is 6.42 Å². The van der Waals surface area contributed by atoms with Crippen LogP contribution in [0.2, 0.25) is 0 Å². The predicted molar refractivity (Wildman–Crippen MR) is 80.7 cm³/mol. The van der Waals surface area contributed by atoms with E-state index in [0.29, 0.717) is 5.56 Å². The number of nitrogens with zero attached hydrogens (tertiary/aromatic N) is 3. The minimum Gasteiger partial charge on any atom is -0.331 e. The third-order valence-electron chi connectivity index (χ3n) is 3.23. The molecule has 4 nitrogen and oxygen atoms in total. The quantitative estimate of drug-likeness (QED) is 0.693. The Morgan fingerprint density at radius 2 is 2.10 bits per heavy atom. The zero-order valence-electron chi connectivity index (χ0n) is 10.9. The first-order valence-corrected chi connectivity index (χ1v) is 6.98. The molecular weight excluding hydrogens is 318 g/mol. The largest absolute Gasteiger partial charge is 0.331 e. The Kier molecular flexibility index (Phi) is 3.36. The molecule has 0 unspecified atom stereocenters. The predicted octanol–water partition coefficient (Wildman–Crippen LogP) is 3.16. The van der Waals surface area contributed by atoms with Gasteiger partial charge in [-0.15, -0.1) is 0 Å². The van der Waals surface area contributed by atoms with E-state index in [9.17, 15) is 4.79 Å². The first-order valence-electron chi connectivity index (χ1n) is 6.19. The Bertz CT molecular complexity index is 795. The lowest BCUT2D eigenvalue weighted by Gasteiger charge is -2.02. The molecule has 100 valence electrons. The van der Waals surface area contributed by atoms with Gasteiger partial charge in [0.1, 0.15) is 5.82 Å². The highest BCUT2D eigenvalue weighted by Gasteiger charge is 2.13. The van der Waals surface area contributed by atoms with Gasteiger partial charge in [0.25, 0.3) is 0 Å². The van der Waals surface area contributed by atoms with Gasteiger partial charge in [-0.3, -0.25) is 9.78 Å². The number of para-hydroxylation sites is 2. The number of aryl methyl sites for hydroxylation is 1. The van der Waals surface area contributed by atoms with Gasteiger partial charge < -0.3 is 4.57 Å². The van der Waals surface area contributed by atoms with Crippen molar-refractivity contribution in [1.82, 2.24) is 14.5 Å². The van der Waals surface area contributed by atoms with Crippen molar-refractivity contribution < 1.29 is 4.79 Å². The molecule has 5 heteroatoms. The van der Waals surface area contributed by atoms with Gasteiger partial charge in [-0.25, -0.2) is 4.98 Å². The second-order valence-corrected chi connectivity index (χ2v) is 5.48. The number of fused-ring (bicyclic) bond motifs is 1. The number of imidazole rings is 1. The summed E-state index contributed by atoms with van der Waals surface area (Å²) >= 11 is 3.32. The van der Waals surface area contributed by atoms with E-state index >= 15 is 0 Å². The molecule has 0 saturated heterocycles.